The zero-order chi connectivity index (χ0) is 19.9. The minimum absolute atomic E-state index is 0.166. The number of aryl methyl sites for hydroxylation is 2. The molecule has 6 nitrogen and oxygen atoms in total. The third-order valence-electron chi connectivity index (χ3n) is 5.73. The predicted molar refractivity (Wildman–Crippen MR) is 105 cm³/mol. The van der Waals surface area contributed by atoms with E-state index in [0.717, 1.165) is 30.4 Å². The number of amides is 4. The molecule has 144 valence electrons. The van der Waals surface area contributed by atoms with Gasteiger partial charge < -0.3 is 10.6 Å². The highest BCUT2D eigenvalue weighted by Gasteiger charge is 2.49. The number of rotatable bonds is 4. The molecule has 2 aromatic carbocycles. The number of carbonyl (C=O) groups excluding carboxylic acids is 3. The maximum Gasteiger partial charge on any atom is 0.325 e. The Morgan fingerprint density at radius 3 is 2.54 bits per heavy atom. The fourth-order valence-corrected chi connectivity index (χ4v) is 4.01. The van der Waals surface area contributed by atoms with Crippen LogP contribution in [0.4, 0.5) is 4.79 Å². The van der Waals surface area contributed by atoms with Crippen molar-refractivity contribution in [3.63, 3.8) is 0 Å². The van der Waals surface area contributed by atoms with E-state index in [-0.39, 0.29) is 18.4 Å². The molecule has 2 N–H and O–H groups in total. The molecule has 1 heterocycles. The average Bonchev–Trinajstić information content (AvgIpc) is 3.26. The molecular weight excluding hydrogens is 354 g/mol. The highest BCUT2D eigenvalue weighted by Crippen LogP contribution is 2.33. The number of hydrogen-bond donors (Lipinski definition) is 2. The van der Waals surface area contributed by atoms with Gasteiger partial charge in [-0.2, -0.15) is 0 Å². The largest absolute Gasteiger partial charge is 0.355 e. The second kappa shape index (κ2) is 6.78. The number of nitrogens with one attached hydrogen (secondary N) is 2. The second-order valence-electron chi connectivity index (χ2n) is 7.56. The molecule has 0 aromatic heterocycles. The first-order chi connectivity index (χ1) is 13.4. The predicted octanol–water partition coefficient (Wildman–Crippen LogP) is 2.50. The van der Waals surface area contributed by atoms with E-state index in [2.05, 4.69) is 22.8 Å². The summed E-state index contributed by atoms with van der Waals surface area (Å²) in [6, 6.07) is 12.6. The normalized spacial score (nSPS) is 20.9. The quantitative estimate of drug-likeness (QED) is 0.804. The van der Waals surface area contributed by atoms with Crippen molar-refractivity contribution in [2.24, 2.45) is 0 Å². The van der Waals surface area contributed by atoms with Gasteiger partial charge in [-0.15, -0.1) is 0 Å². The SMILES string of the molecule is CNC(=O)c1ccc(CN2C(=O)NC(C)(c3ccc4c(c3)CCC4)C2=O)cc1. The molecular formula is C22H23N3O3. The van der Waals surface area contributed by atoms with Gasteiger partial charge >= 0.3 is 6.03 Å². The van der Waals surface area contributed by atoms with Crippen molar-refractivity contribution >= 4 is 17.8 Å². The maximum atomic E-state index is 13.1. The van der Waals surface area contributed by atoms with E-state index < -0.39 is 11.6 Å². The molecule has 2 aromatic rings. The number of benzene rings is 2. The van der Waals surface area contributed by atoms with Gasteiger partial charge in [-0.05, 0) is 60.6 Å². The van der Waals surface area contributed by atoms with E-state index >= 15 is 0 Å². The molecule has 1 fully saturated rings. The standard InChI is InChI=1S/C22H23N3O3/c1-22(18-11-10-15-4-3-5-17(15)12-18)20(27)25(21(28)24-22)13-14-6-8-16(9-7-14)19(26)23-2/h6-12H,3-5,13H2,1-2H3,(H,23,26)(H,24,28). The minimum atomic E-state index is -1.06. The third kappa shape index (κ3) is 2.95. The van der Waals surface area contributed by atoms with Gasteiger partial charge in [0.15, 0.2) is 0 Å². The summed E-state index contributed by atoms with van der Waals surface area (Å²) in [5.74, 6) is -0.434. The van der Waals surface area contributed by atoms with Crippen molar-refractivity contribution in [3.05, 3.63) is 70.3 Å². The summed E-state index contributed by atoms with van der Waals surface area (Å²) in [4.78, 5) is 38.6. The summed E-state index contributed by atoms with van der Waals surface area (Å²) in [5, 5.41) is 5.44. The maximum absolute atomic E-state index is 13.1. The van der Waals surface area contributed by atoms with Crippen LogP contribution in [0.3, 0.4) is 0 Å². The van der Waals surface area contributed by atoms with Crippen LogP contribution in [0.1, 0.15) is 46.0 Å². The van der Waals surface area contributed by atoms with E-state index in [9.17, 15) is 14.4 Å². The number of imide groups is 1. The van der Waals surface area contributed by atoms with Crippen molar-refractivity contribution in [2.75, 3.05) is 7.05 Å². The Kier molecular flexibility index (Phi) is 4.41. The highest BCUT2D eigenvalue weighted by atomic mass is 16.2. The number of urea groups is 1. The molecule has 0 radical (unpaired) electrons. The van der Waals surface area contributed by atoms with Crippen molar-refractivity contribution in [1.82, 2.24) is 15.5 Å². The average molecular weight is 377 g/mol. The zero-order valence-electron chi connectivity index (χ0n) is 16.0. The Balaban J connectivity index is 1.56. The van der Waals surface area contributed by atoms with Gasteiger partial charge in [0.2, 0.25) is 0 Å². The van der Waals surface area contributed by atoms with Crippen LogP contribution in [-0.2, 0) is 29.7 Å². The summed E-state index contributed by atoms with van der Waals surface area (Å²) < 4.78 is 0. The summed E-state index contributed by atoms with van der Waals surface area (Å²) in [7, 11) is 1.57. The Morgan fingerprint density at radius 1 is 1.11 bits per heavy atom. The molecule has 6 heteroatoms. The number of fused-ring (bicyclic) bond motifs is 1. The third-order valence-corrected chi connectivity index (χ3v) is 5.73. The van der Waals surface area contributed by atoms with E-state index in [1.165, 1.54) is 16.0 Å². The number of hydrogen-bond acceptors (Lipinski definition) is 3. The molecule has 1 aliphatic heterocycles. The molecule has 1 aliphatic carbocycles. The Hall–Kier alpha value is -3.15. The first-order valence-corrected chi connectivity index (χ1v) is 9.50. The monoisotopic (exact) mass is 377 g/mol. The summed E-state index contributed by atoms with van der Waals surface area (Å²) in [5.41, 5.74) is 3.68. The zero-order valence-corrected chi connectivity index (χ0v) is 16.0. The highest BCUT2D eigenvalue weighted by molar-refractivity contribution is 6.07. The fraction of sp³-hybridized carbons (Fsp3) is 0.318. The lowest BCUT2D eigenvalue weighted by Gasteiger charge is -2.23. The lowest BCUT2D eigenvalue weighted by Crippen LogP contribution is -2.40. The number of nitrogens with zero attached hydrogens (tertiary/aromatic N) is 1. The van der Waals surface area contributed by atoms with Crippen molar-refractivity contribution < 1.29 is 14.4 Å². The van der Waals surface area contributed by atoms with Gasteiger partial charge in [-0.1, -0.05) is 30.3 Å². The van der Waals surface area contributed by atoms with Crippen LogP contribution in [0.15, 0.2) is 42.5 Å². The van der Waals surface area contributed by atoms with Gasteiger partial charge in [0.1, 0.15) is 5.54 Å². The van der Waals surface area contributed by atoms with Crippen LogP contribution in [0, 0.1) is 0 Å². The van der Waals surface area contributed by atoms with Gasteiger partial charge in [-0.3, -0.25) is 14.5 Å². The first-order valence-electron chi connectivity index (χ1n) is 9.50. The lowest BCUT2D eigenvalue weighted by molar-refractivity contribution is -0.131. The van der Waals surface area contributed by atoms with E-state index in [1.54, 1.807) is 38.2 Å². The van der Waals surface area contributed by atoms with Gasteiger partial charge in [0.25, 0.3) is 11.8 Å². The molecule has 0 spiro atoms. The van der Waals surface area contributed by atoms with E-state index in [4.69, 9.17) is 0 Å². The summed E-state index contributed by atoms with van der Waals surface area (Å²) in [6.07, 6.45) is 3.22. The molecule has 28 heavy (non-hydrogen) atoms. The summed E-state index contributed by atoms with van der Waals surface area (Å²) in [6.45, 7) is 1.93. The minimum Gasteiger partial charge on any atom is -0.355 e. The van der Waals surface area contributed by atoms with Gasteiger partial charge in [0.05, 0.1) is 6.54 Å². The van der Waals surface area contributed by atoms with Crippen LogP contribution >= 0.6 is 0 Å². The van der Waals surface area contributed by atoms with Crippen LogP contribution in [-0.4, -0.2) is 29.8 Å². The van der Waals surface area contributed by atoms with Crippen LogP contribution < -0.4 is 10.6 Å². The Labute approximate surface area is 163 Å². The molecule has 4 amide bonds. The second-order valence-corrected chi connectivity index (χ2v) is 7.56. The lowest BCUT2D eigenvalue weighted by atomic mass is 9.89. The number of carbonyl (C=O) groups is 3. The van der Waals surface area contributed by atoms with Crippen LogP contribution in [0.25, 0.3) is 0 Å². The van der Waals surface area contributed by atoms with Crippen LogP contribution in [0.5, 0.6) is 0 Å². The smallest absolute Gasteiger partial charge is 0.325 e. The molecule has 0 saturated carbocycles. The fourth-order valence-electron chi connectivity index (χ4n) is 4.01. The molecule has 0 bridgehead atoms. The van der Waals surface area contributed by atoms with E-state index in [0.29, 0.717) is 5.56 Å². The van der Waals surface area contributed by atoms with Gasteiger partial charge in [0, 0.05) is 12.6 Å². The van der Waals surface area contributed by atoms with Crippen molar-refractivity contribution in [1.29, 1.82) is 0 Å². The van der Waals surface area contributed by atoms with Crippen LogP contribution in [0.2, 0.25) is 0 Å². The Bertz CT molecular complexity index is 967. The molecule has 1 saturated heterocycles. The summed E-state index contributed by atoms with van der Waals surface area (Å²) >= 11 is 0. The van der Waals surface area contributed by atoms with E-state index in [1.807, 2.05) is 6.07 Å². The molecule has 2 aliphatic rings. The molecule has 1 atom stereocenters. The topological polar surface area (TPSA) is 78.5 Å². The Morgan fingerprint density at radius 2 is 1.82 bits per heavy atom. The van der Waals surface area contributed by atoms with Gasteiger partial charge in [-0.25, -0.2) is 4.79 Å². The van der Waals surface area contributed by atoms with Crippen molar-refractivity contribution in [2.45, 2.75) is 38.3 Å². The molecule has 1 unspecified atom stereocenters. The first kappa shape index (κ1) is 18.2. The molecule has 4 rings (SSSR count). The van der Waals surface area contributed by atoms with Crippen molar-refractivity contribution in [3.8, 4) is 0 Å².